The molecule has 0 saturated heterocycles. The third-order valence-electron chi connectivity index (χ3n) is 4.56. The summed E-state index contributed by atoms with van der Waals surface area (Å²) in [6.07, 6.45) is 0.715. The molecule has 0 unspecified atom stereocenters. The lowest BCUT2D eigenvalue weighted by Gasteiger charge is -2.27. The number of nitrogens with one attached hydrogen (secondary N) is 1. The molecule has 0 saturated carbocycles. The topological polar surface area (TPSA) is 72.8 Å². The van der Waals surface area contributed by atoms with Gasteiger partial charge in [-0.15, -0.1) is 0 Å². The highest BCUT2D eigenvalue weighted by Gasteiger charge is 2.26. The van der Waals surface area contributed by atoms with Gasteiger partial charge in [-0.25, -0.2) is 0 Å². The number of carbonyl (C=O) groups is 1. The standard InChI is InChI=1S/C20H15ClN4O/c21-16-6-2-4-14(10-16)19-17-12-25(8-7-18(17)23-24-19)20(26)15-5-1-3-13(9-15)11-22/h1-6,9-10H,7-8,12H2,(H,23,24). The minimum absolute atomic E-state index is 0.0778. The highest BCUT2D eigenvalue weighted by Crippen LogP contribution is 2.30. The summed E-state index contributed by atoms with van der Waals surface area (Å²) in [4.78, 5) is 14.7. The molecule has 1 aromatic heterocycles. The Labute approximate surface area is 155 Å². The van der Waals surface area contributed by atoms with Crippen LogP contribution in [0.3, 0.4) is 0 Å². The zero-order valence-electron chi connectivity index (χ0n) is 13.9. The average Bonchev–Trinajstić information content (AvgIpc) is 3.10. The van der Waals surface area contributed by atoms with Crippen LogP contribution in [-0.2, 0) is 13.0 Å². The molecular weight excluding hydrogens is 348 g/mol. The van der Waals surface area contributed by atoms with E-state index in [2.05, 4.69) is 16.3 Å². The van der Waals surface area contributed by atoms with E-state index in [-0.39, 0.29) is 5.91 Å². The first-order valence-corrected chi connectivity index (χ1v) is 8.65. The number of hydrogen-bond donors (Lipinski definition) is 1. The van der Waals surface area contributed by atoms with Crippen LogP contribution >= 0.6 is 11.6 Å². The van der Waals surface area contributed by atoms with E-state index in [9.17, 15) is 4.79 Å². The third-order valence-corrected chi connectivity index (χ3v) is 4.79. The van der Waals surface area contributed by atoms with Gasteiger partial charge >= 0.3 is 0 Å². The number of rotatable bonds is 2. The second-order valence-corrected chi connectivity index (χ2v) is 6.65. The summed E-state index contributed by atoms with van der Waals surface area (Å²) in [5.74, 6) is -0.0778. The van der Waals surface area contributed by atoms with Gasteiger partial charge in [-0.3, -0.25) is 9.89 Å². The van der Waals surface area contributed by atoms with E-state index in [1.165, 1.54) is 0 Å². The quantitative estimate of drug-likeness (QED) is 0.753. The Morgan fingerprint density at radius 1 is 1.23 bits per heavy atom. The molecule has 6 heteroatoms. The van der Waals surface area contributed by atoms with Crippen LogP contribution in [0.15, 0.2) is 48.5 Å². The van der Waals surface area contributed by atoms with Gasteiger partial charge in [-0.05, 0) is 30.3 Å². The Hall–Kier alpha value is -3.10. The largest absolute Gasteiger partial charge is 0.334 e. The molecule has 128 valence electrons. The van der Waals surface area contributed by atoms with Gasteiger partial charge in [0.15, 0.2) is 0 Å². The number of hydrogen-bond acceptors (Lipinski definition) is 3. The summed E-state index contributed by atoms with van der Waals surface area (Å²) in [6.45, 7) is 1.09. The van der Waals surface area contributed by atoms with Crippen LogP contribution in [0.4, 0.5) is 0 Å². The predicted octanol–water partition coefficient (Wildman–Crippen LogP) is 3.80. The molecule has 2 heterocycles. The molecule has 0 bridgehead atoms. The first-order valence-electron chi connectivity index (χ1n) is 8.27. The summed E-state index contributed by atoms with van der Waals surface area (Å²) in [6, 6.07) is 16.4. The first-order chi connectivity index (χ1) is 12.7. The van der Waals surface area contributed by atoms with Crippen molar-refractivity contribution in [3.63, 3.8) is 0 Å². The normalized spacial score (nSPS) is 13.2. The van der Waals surface area contributed by atoms with Crippen molar-refractivity contribution in [3.05, 3.63) is 75.9 Å². The van der Waals surface area contributed by atoms with E-state index < -0.39 is 0 Å². The molecule has 5 nitrogen and oxygen atoms in total. The van der Waals surface area contributed by atoms with Crippen molar-refractivity contribution in [1.82, 2.24) is 15.1 Å². The Bertz CT molecular complexity index is 1030. The van der Waals surface area contributed by atoms with Crippen LogP contribution in [0.5, 0.6) is 0 Å². The van der Waals surface area contributed by atoms with E-state index >= 15 is 0 Å². The molecule has 26 heavy (non-hydrogen) atoms. The molecule has 0 radical (unpaired) electrons. The van der Waals surface area contributed by atoms with Crippen LogP contribution in [0.1, 0.15) is 27.2 Å². The Morgan fingerprint density at radius 3 is 2.88 bits per heavy atom. The van der Waals surface area contributed by atoms with Crippen LogP contribution < -0.4 is 0 Å². The lowest BCUT2D eigenvalue weighted by Crippen LogP contribution is -2.36. The van der Waals surface area contributed by atoms with Crippen molar-refractivity contribution in [2.45, 2.75) is 13.0 Å². The Kier molecular flexibility index (Phi) is 4.19. The number of carbonyl (C=O) groups excluding carboxylic acids is 1. The maximum atomic E-state index is 12.9. The SMILES string of the molecule is N#Cc1cccc(C(=O)N2CCc3[nH]nc(-c4cccc(Cl)c4)c3C2)c1. The number of fused-ring (bicyclic) bond motifs is 1. The van der Waals surface area contributed by atoms with Crippen LogP contribution in [0, 0.1) is 11.3 Å². The van der Waals surface area contributed by atoms with Crippen molar-refractivity contribution in [2.24, 2.45) is 0 Å². The van der Waals surface area contributed by atoms with Crippen LogP contribution in [0.2, 0.25) is 5.02 Å². The molecule has 1 aliphatic rings. The molecule has 2 aromatic carbocycles. The zero-order chi connectivity index (χ0) is 18.1. The van der Waals surface area contributed by atoms with E-state index in [1.807, 2.05) is 24.3 Å². The Balaban J connectivity index is 1.64. The molecular formula is C20H15ClN4O. The van der Waals surface area contributed by atoms with E-state index in [0.29, 0.717) is 35.7 Å². The number of benzene rings is 2. The van der Waals surface area contributed by atoms with Crippen molar-refractivity contribution in [1.29, 1.82) is 5.26 Å². The lowest BCUT2D eigenvalue weighted by atomic mass is 10.00. The monoisotopic (exact) mass is 362 g/mol. The average molecular weight is 363 g/mol. The maximum absolute atomic E-state index is 12.9. The fourth-order valence-electron chi connectivity index (χ4n) is 3.25. The number of amides is 1. The van der Waals surface area contributed by atoms with Gasteiger partial charge in [-0.1, -0.05) is 29.8 Å². The molecule has 3 aromatic rings. The summed E-state index contributed by atoms with van der Waals surface area (Å²) in [7, 11) is 0. The van der Waals surface area contributed by atoms with Crippen molar-refractivity contribution in [2.75, 3.05) is 6.54 Å². The van der Waals surface area contributed by atoms with Crippen molar-refractivity contribution in [3.8, 4) is 17.3 Å². The number of halogens is 1. The summed E-state index contributed by atoms with van der Waals surface area (Å²) in [5, 5.41) is 17.2. The van der Waals surface area contributed by atoms with Crippen LogP contribution in [0.25, 0.3) is 11.3 Å². The number of nitrogens with zero attached hydrogens (tertiary/aromatic N) is 3. The molecule has 4 rings (SSSR count). The summed E-state index contributed by atoms with van der Waals surface area (Å²) < 4.78 is 0. The van der Waals surface area contributed by atoms with E-state index in [1.54, 1.807) is 29.2 Å². The highest BCUT2D eigenvalue weighted by atomic mass is 35.5. The molecule has 0 aliphatic carbocycles. The molecule has 1 aliphatic heterocycles. The molecule has 0 atom stereocenters. The van der Waals surface area contributed by atoms with Gasteiger partial charge in [0.1, 0.15) is 0 Å². The van der Waals surface area contributed by atoms with Gasteiger partial charge in [0.05, 0.1) is 17.3 Å². The summed E-state index contributed by atoms with van der Waals surface area (Å²) >= 11 is 6.10. The van der Waals surface area contributed by atoms with Crippen LogP contribution in [-0.4, -0.2) is 27.5 Å². The van der Waals surface area contributed by atoms with Crippen molar-refractivity contribution >= 4 is 17.5 Å². The number of aromatic amines is 1. The molecule has 1 N–H and O–H groups in total. The fourth-order valence-corrected chi connectivity index (χ4v) is 3.44. The van der Waals surface area contributed by atoms with Gasteiger partial charge in [0, 0.05) is 46.9 Å². The Morgan fingerprint density at radius 2 is 2.08 bits per heavy atom. The molecule has 0 spiro atoms. The second-order valence-electron chi connectivity index (χ2n) is 6.21. The van der Waals surface area contributed by atoms with E-state index in [4.69, 9.17) is 16.9 Å². The predicted molar refractivity (Wildman–Crippen MR) is 98.6 cm³/mol. The minimum atomic E-state index is -0.0778. The molecule has 1 amide bonds. The second kappa shape index (κ2) is 6.66. The first kappa shape index (κ1) is 16.4. The molecule has 0 fully saturated rings. The number of nitriles is 1. The number of H-pyrrole nitrogens is 1. The zero-order valence-corrected chi connectivity index (χ0v) is 14.6. The van der Waals surface area contributed by atoms with Gasteiger partial charge in [0.2, 0.25) is 0 Å². The maximum Gasteiger partial charge on any atom is 0.254 e. The van der Waals surface area contributed by atoms with Crippen molar-refractivity contribution < 1.29 is 4.79 Å². The summed E-state index contributed by atoms with van der Waals surface area (Å²) in [5.41, 5.74) is 4.83. The third kappa shape index (κ3) is 2.96. The lowest BCUT2D eigenvalue weighted by molar-refractivity contribution is 0.0734. The van der Waals surface area contributed by atoms with Gasteiger partial charge in [-0.2, -0.15) is 10.4 Å². The van der Waals surface area contributed by atoms with Gasteiger partial charge in [0.25, 0.3) is 5.91 Å². The highest BCUT2D eigenvalue weighted by molar-refractivity contribution is 6.30. The van der Waals surface area contributed by atoms with E-state index in [0.717, 1.165) is 22.5 Å². The minimum Gasteiger partial charge on any atom is -0.334 e. The number of aromatic nitrogens is 2. The van der Waals surface area contributed by atoms with Gasteiger partial charge < -0.3 is 4.90 Å². The smallest absolute Gasteiger partial charge is 0.254 e. The fraction of sp³-hybridized carbons (Fsp3) is 0.150.